The van der Waals surface area contributed by atoms with Crippen LogP contribution in [0.4, 0.5) is 17.1 Å². The first kappa shape index (κ1) is 35.7. The number of carbonyl (C=O) groups excluding carboxylic acids is 2. The van der Waals surface area contributed by atoms with Crippen LogP contribution in [0.25, 0.3) is 28.2 Å². The summed E-state index contributed by atoms with van der Waals surface area (Å²) in [6.07, 6.45) is 1.81. The Bertz CT molecular complexity index is 2790. The normalized spacial score (nSPS) is 13.7. The molecule has 1 aliphatic heterocycles. The van der Waals surface area contributed by atoms with Gasteiger partial charge in [0.2, 0.25) is 5.84 Å². The number of hydrazone groups is 1. The van der Waals surface area contributed by atoms with Crippen LogP contribution < -0.4 is 10.3 Å². The molecule has 1 aromatic heterocycles. The second-order valence-corrected chi connectivity index (χ2v) is 12.7. The third-order valence-corrected chi connectivity index (χ3v) is 9.08. The summed E-state index contributed by atoms with van der Waals surface area (Å²) < 4.78 is 0. The number of fused-ring (bicyclic) bond motifs is 1. The zero-order valence-corrected chi connectivity index (χ0v) is 29.9. The van der Waals surface area contributed by atoms with Crippen molar-refractivity contribution in [2.24, 2.45) is 20.3 Å². The zero-order valence-electron chi connectivity index (χ0n) is 29.9. The van der Waals surface area contributed by atoms with E-state index in [0.717, 1.165) is 33.3 Å². The third-order valence-electron chi connectivity index (χ3n) is 9.08. The molecule has 276 valence electrons. The highest BCUT2D eigenvalue weighted by molar-refractivity contribution is 6.33. The number of anilines is 1. The van der Waals surface area contributed by atoms with Gasteiger partial charge >= 0.3 is 0 Å². The number of phenols is 1. The number of phenolic OH excluding ortho intramolecular Hbond substituents is 1. The number of amides is 2. The summed E-state index contributed by atoms with van der Waals surface area (Å²) in [4.78, 5) is 48.3. The Labute approximate surface area is 324 Å². The molecule has 13 heteroatoms. The average Bonchev–Trinajstić information content (AvgIpc) is 3.78. The van der Waals surface area contributed by atoms with Gasteiger partial charge in [0.25, 0.3) is 17.5 Å². The number of carbonyl (C=O) groups is 2. The van der Waals surface area contributed by atoms with E-state index < -0.39 is 10.8 Å². The molecule has 57 heavy (non-hydrogen) atoms. The van der Waals surface area contributed by atoms with Crippen molar-refractivity contribution in [1.82, 2.24) is 10.4 Å². The number of aliphatic imine (C=N–C) groups is 1. The number of amidine groups is 2. The van der Waals surface area contributed by atoms with Crippen molar-refractivity contribution < 1.29 is 19.6 Å². The summed E-state index contributed by atoms with van der Waals surface area (Å²) in [5.41, 5.74) is 7.84. The molecule has 6 aromatic carbocycles. The van der Waals surface area contributed by atoms with E-state index in [1.807, 2.05) is 91.0 Å². The molecule has 7 aromatic rings. The number of benzene rings is 6. The largest absolute Gasteiger partial charge is 0.507 e. The highest BCUT2D eigenvalue weighted by Gasteiger charge is 2.33. The van der Waals surface area contributed by atoms with Crippen molar-refractivity contribution in [3.8, 4) is 17.0 Å². The molecule has 8 rings (SSSR count). The summed E-state index contributed by atoms with van der Waals surface area (Å²) >= 11 is 0. The minimum atomic E-state index is -0.613. The molecular formula is C44H30N8O5. The highest BCUT2D eigenvalue weighted by atomic mass is 16.6. The van der Waals surface area contributed by atoms with Gasteiger partial charge in [0, 0.05) is 39.7 Å². The maximum Gasteiger partial charge on any atom is 0.282 e. The fourth-order valence-electron chi connectivity index (χ4n) is 6.32. The number of nitrogens with zero attached hydrogens (tertiary/aromatic N) is 6. The monoisotopic (exact) mass is 750 g/mol. The minimum Gasteiger partial charge on any atom is -0.507 e. The number of nitrogens with one attached hydrogen (secondary N) is 2. The van der Waals surface area contributed by atoms with Crippen LogP contribution in [0.2, 0.25) is 0 Å². The number of aromatic hydroxyl groups is 1. The Morgan fingerprint density at radius 1 is 0.807 bits per heavy atom. The number of aromatic amines is 1. The number of aromatic nitrogens is 1. The van der Waals surface area contributed by atoms with E-state index in [2.05, 4.69) is 25.7 Å². The van der Waals surface area contributed by atoms with Crippen LogP contribution in [0.5, 0.6) is 5.75 Å². The average molecular weight is 751 g/mol. The van der Waals surface area contributed by atoms with Crippen LogP contribution in [-0.4, -0.2) is 38.5 Å². The smallest absolute Gasteiger partial charge is 0.282 e. The number of hydrogen-bond donors (Lipinski definition) is 3. The van der Waals surface area contributed by atoms with Crippen molar-refractivity contribution in [1.29, 1.82) is 0 Å². The lowest BCUT2D eigenvalue weighted by Gasteiger charge is -2.19. The molecule has 0 fully saturated rings. The van der Waals surface area contributed by atoms with Gasteiger partial charge in [0.15, 0.2) is 0 Å². The zero-order chi connectivity index (χ0) is 39.3. The van der Waals surface area contributed by atoms with Gasteiger partial charge in [-0.1, -0.05) is 97.1 Å². The topological polar surface area (TPSA) is 178 Å². The number of non-ortho nitro benzene ring substituents is 1. The molecule has 3 N–H and O–H groups in total. The number of para-hydroxylation sites is 2. The second-order valence-electron chi connectivity index (χ2n) is 12.7. The summed E-state index contributed by atoms with van der Waals surface area (Å²) in [5, 5.41) is 35.0. The van der Waals surface area contributed by atoms with Crippen molar-refractivity contribution in [2.75, 3.05) is 4.90 Å². The maximum absolute atomic E-state index is 14.3. The van der Waals surface area contributed by atoms with Crippen LogP contribution >= 0.6 is 0 Å². The highest BCUT2D eigenvalue weighted by Crippen LogP contribution is 2.35. The van der Waals surface area contributed by atoms with Crippen molar-refractivity contribution in [3.63, 3.8) is 0 Å². The molecule has 2 amide bonds. The van der Waals surface area contributed by atoms with Gasteiger partial charge in [-0.15, -0.1) is 15.3 Å². The fourth-order valence-corrected chi connectivity index (χ4v) is 6.32. The van der Waals surface area contributed by atoms with Gasteiger partial charge < -0.3 is 10.1 Å². The van der Waals surface area contributed by atoms with Crippen LogP contribution in [0.15, 0.2) is 184 Å². The number of nitro benzene ring substituents is 1. The van der Waals surface area contributed by atoms with Gasteiger partial charge in [-0.2, -0.15) is 0 Å². The molecule has 0 radical (unpaired) electrons. The Balaban J connectivity index is 1.10. The number of H-pyrrole nitrogens is 1. The maximum atomic E-state index is 14.3. The Hall–Kier alpha value is -8.32. The van der Waals surface area contributed by atoms with Crippen molar-refractivity contribution in [3.05, 3.63) is 196 Å². The molecule has 0 spiro atoms. The van der Waals surface area contributed by atoms with Gasteiger partial charge in [-0.3, -0.25) is 24.6 Å². The Morgan fingerprint density at radius 2 is 1.49 bits per heavy atom. The van der Waals surface area contributed by atoms with E-state index in [1.54, 1.807) is 36.4 Å². The Morgan fingerprint density at radius 3 is 2.23 bits per heavy atom. The quantitative estimate of drug-likeness (QED) is 0.0332. The minimum absolute atomic E-state index is 0.152. The van der Waals surface area contributed by atoms with Crippen LogP contribution in [-0.2, 0) is 4.79 Å². The lowest BCUT2D eigenvalue weighted by molar-refractivity contribution is -0.384. The first-order valence-corrected chi connectivity index (χ1v) is 17.6. The van der Waals surface area contributed by atoms with Gasteiger partial charge in [0.05, 0.1) is 27.6 Å². The van der Waals surface area contributed by atoms with E-state index >= 15 is 0 Å². The summed E-state index contributed by atoms with van der Waals surface area (Å²) in [6, 6.07) is 45.3. The molecule has 0 unspecified atom stereocenters. The lowest BCUT2D eigenvalue weighted by Crippen LogP contribution is -2.32. The van der Waals surface area contributed by atoms with Crippen LogP contribution in [0.3, 0.4) is 0 Å². The van der Waals surface area contributed by atoms with Gasteiger partial charge in [-0.05, 0) is 60.2 Å². The molecule has 0 aliphatic carbocycles. The lowest BCUT2D eigenvalue weighted by atomic mass is 10.0. The number of hydrogen-bond acceptors (Lipinski definition) is 8. The van der Waals surface area contributed by atoms with Crippen LogP contribution in [0, 0.1) is 10.1 Å². The van der Waals surface area contributed by atoms with Gasteiger partial charge in [0.1, 0.15) is 17.3 Å². The van der Waals surface area contributed by atoms with E-state index in [0.29, 0.717) is 11.5 Å². The summed E-state index contributed by atoms with van der Waals surface area (Å²) in [5.74, 6) is -0.857. The molecule has 0 bridgehead atoms. The first-order chi connectivity index (χ1) is 27.8. The molecule has 1 aliphatic rings. The molecular weight excluding hydrogens is 721 g/mol. The Kier molecular flexibility index (Phi) is 9.75. The molecule has 0 saturated heterocycles. The number of nitro groups is 1. The van der Waals surface area contributed by atoms with E-state index in [1.165, 1.54) is 41.3 Å². The van der Waals surface area contributed by atoms with Gasteiger partial charge in [-0.25, -0.2) is 10.4 Å². The van der Waals surface area contributed by atoms with E-state index in [9.17, 15) is 24.8 Å². The molecule has 13 nitrogen and oxygen atoms in total. The second kappa shape index (κ2) is 15.6. The third kappa shape index (κ3) is 7.43. The van der Waals surface area contributed by atoms with E-state index in [4.69, 9.17) is 4.99 Å². The molecule has 0 saturated carbocycles. The van der Waals surface area contributed by atoms with Crippen molar-refractivity contribution >= 4 is 57.5 Å². The predicted molar refractivity (Wildman–Crippen MR) is 218 cm³/mol. The van der Waals surface area contributed by atoms with Crippen molar-refractivity contribution in [2.45, 2.75) is 0 Å². The molecule has 2 heterocycles. The first-order valence-electron chi connectivity index (χ1n) is 17.6. The van der Waals surface area contributed by atoms with Crippen LogP contribution in [0.1, 0.15) is 27.0 Å². The van der Waals surface area contributed by atoms with E-state index in [-0.39, 0.29) is 45.7 Å². The standard InChI is InChI=1S/C44H30N8O5/c53-39-21-10-8-19-35(39)41(48-47-31-16-11-17-33(26-31)52(56)57)49-50-43(54)30-22-24-32(25-23-30)51-42(29-14-5-2-6-15-29)46-38(44(51)55)27-36-34-18-7-9-20-37(34)45-40(36)28-12-3-1-4-13-28/h1-27,45,53H,(H,50,54)/b38-27-,48-47?,49-41+. The predicted octanol–water partition coefficient (Wildman–Crippen LogP) is 9.16. The summed E-state index contributed by atoms with van der Waals surface area (Å²) in [6.45, 7) is 0. The number of azo groups is 1. The molecule has 0 atom stereocenters. The SMILES string of the molecule is O=C(N/N=C(/N=Nc1cccc([N+](=O)[O-])c1)c1ccccc1O)c1ccc(N2C(=O)/C(=C/c3c(-c4ccccc4)[nH]c4ccccc34)N=C2c2ccccc2)cc1. The number of rotatable bonds is 9. The fraction of sp³-hybridized carbons (Fsp3) is 0. The summed E-state index contributed by atoms with van der Waals surface area (Å²) in [7, 11) is 0.